The lowest BCUT2D eigenvalue weighted by molar-refractivity contribution is -0.134. The number of hydrogen-bond acceptors (Lipinski definition) is 4. The van der Waals surface area contributed by atoms with Gasteiger partial charge in [0.25, 0.3) is 0 Å². The number of carbonyl (C=O) groups is 3. The molecule has 3 rings (SSSR count). The molecule has 0 unspecified atom stereocenters. The van der Waals surface area contributed by atoms with Crippen molar-refractivity contribution >= 4 is 68.4 Å². The van der Waals surface area contributed by atoms with Crippen LogP contribution in [0, 0.1) is 0 Å². The molecular weight excluding hydrogens is 466 g/mol. The van der Waals surface area contributed by atoms with E-state index < -0.39 is 5.25 Å². The molecule has 0 spiro atoms. The highest BCUT2D eigenvalue weighted by atomic mass is 79.9. The number of rotatable bonds is 5. The summed E-state index contributed by atoms with van der Waals surface area (Å²) in [7, 11) is 1.54. The number of para-hydroxylation sites is 1. The fraction of sp³-hybridized carbons (Fsp3) is 0.211. The van der Waals surface area contributed by atoms with Crippen LogP contribution in [0.3, 0.4) is 0 Å². The Morgan fingerprint density at radius 2 is 2.04 bits per heavy atom. The summed E-state index contributed by atoms with van der Waals surface area (Å²) in [5.74, 6) is -0.852. The van der Waals surface area contributed by atoms with Gasteiger partial charge in [-0.25, -0.2) is 0 Å². The van der Waals surface area contributed by atoms with E-state index in [0.717, 1.165) is 9.37 Å². The van der Waals surface area contributed by atoms with Crippen LogP contribution in [0.15, 0.2) is 51.8 Å². The van der Waals surface area contributed by atoms with Gasteiger partial charge in [0.15, 0.2) is 0 Å². The van der Waals surface area contributed by atoms with Gasteiger partial charge in [0.2, 0.25) is 17.7 Å². The van der Waals surface area contributed by atoms with E-state index in [0.29, 0.717) is 16.4 Å². The van der Waals surface area contributed by atoms with Crippen molar-refractivity contribution in [1.29, 1.82) is 0 Å². The van der Waals surface area contributed by atoms with Gasteiger partial charge in [-0.1, -0.05) is 23.7 Å². The van der Waals surface area contributed by atoms with Gasteiger partial charge < -0.3 is 15.5 Å². The molecule has 0 fully saturated rings. The quantitative estimate of drug-likeness (QED) is 0.675. The fourth-order valence-corrected chi connectivity index (χ4v) is 4.27. The Bertz CT molecular complexity index is 940. The maximum absolute atomic E-state index is 12.5. The Morgan fingerprint density at radius 1 is 1.29 bits per heavy atom. The highest BCUT2D eigenvalue weighted by Gasteiger charge is 2.30. The van der Waals surface area contributed by atoms with Crippen molar-refractivity contribution in [3.05, 3.63) is 52.0 Å². The number of likely N-dealkylation sites (N-methyl/N-ethyl adjacent to an activating group) is 1. The van der Waals surface area contributed by atoms with Crippen molar-refractivity contribution in [2.24, 2.45) is 0 Å². The number of halogens is 2. The first kappa shape index (κ1) is 20.7. The smallest absolute Gasteiger partial charge is 0.244 e. The molecule has 1 aliphatic heterocycles. The second-order valence-corrected chi connectivity index (χ2v) is 8.75. The molecule has 2 N–H and O–H groups in total. The normalized spacial score (nSPS) is 15.4. The molecule has 28 heavy (non-hydrogen) atoms. The third-order valence-corrected chi connectivity index (χ3v) is 6.28. The van der Waals surface area contributed by atoms with Gasteiger partial charge in [-0.3, -0.25) is 14.4 Å². The first-order valence-electron chi connectivity index (χ1n) is 8.39. The predicted molar refractivity (Wildman–Crippen MR) is 115 cm³/mol. The van der Waals surface area contributed by atoms with E-state index in [-0.39, 0.29) is 30.7 Å². The molecule has 9 heteroatoms. The minimum absolute atomic E-state index is 0.00260. The summed E-state index contributed by atoms with van der Waals surface area (Å²) >= 11 is 10.6. The van der Waals surface area contributed by atoms with Crippen LogP contribution in [0.4, 0.5) is 11.4 Å². The molecule has 2 aromatic carbocycles. The Morgan fingerprint density at radius 3 is 2.79 bits per heavy atom. The molecule has 1 heterocycles. The van der Waals surface area contributed by atoms with Gasteiger partial charge >= 0.3 is 0 Å². The largest absolute Gasteiger partial charge is 0.336 e. The van der Waals surface area contributed by atoms with Crippen molar-refractivity contribution < 1.29 is 14.4 Å². The van der Waals surface area contributed by atoms with Crippen LogP contribution in [0.5, 0.6) is 0 Å². The summed E-state index contributed by atoms with van der Waals surface area (Å²) in [6.07, 6.45) is -0.00260. The number of benzene rings is 2. The number of anilines is 2. The predicted octanol–water partition coefficient (Wildman–Crippen LogP) is 4.00. The van der Waals surface area contributed by atoms with Crippen LogP contribution in [0.1, 0.15) is 6.42 Å². The summed E-state index contributed by atoms with van der Waals surface area (Å²) < 4.78 is 0.756. The molecule has 0 radical (unpaired) electrons. The van der Waals surface area contributed by atoms with E-state index in [1.165, 1.54) is 16.7 Å². The van der Waals surface area contributed by atoms with E-state index >= 15 is 0 Å². The lowest BCUT2D eigenvalue weighted by Gasteiger charge is -2.25. The monoisotopic (exact) mass is 481 g/mol. The first-order valence-corrected chi connectivity index (χ1v) is 10.4. The second kappa shape index (κ2) is 8.98. The van der Waals surface area contributed by atoms with E-state index in [9.17, 15) is 14.4 Å². The Labute approximate surface area is 180 Å². The Hall–Kier alpha value is -2.03. The van der Waals surface area contributed by atoms with Crippen LogP contribution in [0.2, 0.25) is 5.02 Å². The third kappa shape index (κ3) is 5.06. The molecule has 0 aliphatic carbocycles. The SMILES string of the molecule is CN(CC(=O)Nc1ccccc1Br)C(=O)C[C@@H]1Sc2ccc(Cl)cc2NC1=O. The van der Waals surface area contributed by atoms with Gasteiger partial charge in [0, 0.05) is 27.9 Å². The van der Waals surface area contributed by atoms with Gasteiger partial charge in [-0.2, -0.15) is 0 Å². The molecule has 0 bridgehead atoms. The Kier molecular flexibility index (Phi) is 6.64. The van der Waals surface area contributed by atoms with Crippen LogP contribution >= 0.6 is 39.3 Å². The van der Waals surface area contributed by atoms with Gasteiger partial charge in [0.05, 0.1) is 23.2 Å². The minimum Gasteiger partial charge on any atom is -0.336 e. The molecule has 1 aliphatic rings. The van der Waals surface area contributed by atoms with E-state index in [4.69, 9.17) is 11.6 Å². The number of hydrogen-bond donors (Lipinski definition) is 2. The van der Waals surface area contributed by atoms with E-state index in [1.54, 1.807) is 31.3 Å². The van der Waals surface area contributed by atoms with E-state index in [1.807, 2.05) is 18.2 Å². The van der Waals surface area contributed by atoms with Crippen LogP contribution < -0.4 is 10.6 Å². The average Bonchev–Trinajstić information content (AvgIpc) is 2.64. The van der Waals surface area contributed by atoms with Crippen LogP contribution in [-0.2, 0) is 14.4 Å². The lowest BCUT2D eigenvalue weighted by Crippen LogP contribution is -2.39. The van der Waals surface area contributed by atoms with Gasteiger partial charge in [-0.15, -0.1) is 11.8 Å². The third-order valence-electron chi connectivity index (χ3n) is 4.08. The number of nitrogens with one attached hydrogen (secondary N) is 2. The molecule has 0 aromatic heterocycles. The molecule has 1 atom stereocenters. The zero-order valence-electron chi connectivity index (χ0n) is 14.9. The number of fused-ring (bicyclic) bond motifs is 1. The Balaban J connectivity index is 1.57. The fourth-order valence-electron chi connectivity index (χ4n) is 2.63. The molecule has 6 nitrogen and oxygen atoms in total. The van der Waals surface area contributed by atoms with Crippen molar-refractivity contribution in [2.75, 3.05) is 24.2 Å². The first-order chi connectivity index (χ1) is 13.3. The van der Waals surface area contributed by atoms with Crippen LogP contribution in [0.25, 0.3) is 0 Å². The molecule has 0 saturated heterocycles. The van der Waals surface area contributed by atoms with Crippen molar-refractivity contribution in [3.63, 3.8) is 0 Å². The summed E-state index contributed by atoms with van der Waals surface area (Å²) in [6.45, 7) is -0.106. The molecule has 2 aromatic rings. The number of thioether (sulfide) groups is 1. The van der Waals surface area contributed by atoms with Gasteiger partial charge in [0.1, 0.15) is 0 Å². The number of amides is 3. The zero-order chi connectivity index (χ0) is 20.3. The summed E-state index contributed by atoms with van der Waals surface area (Å²) in [4.78, 5) is 39.2. The number of nitrogens with zero attached hydrogens (tertiary/aromatic N) is 1. The topological polar surface area (TPSA) is 78.5 Å². The molecule has 3 amide bonds. The second-order valence-electron chi connectivity index (χ2n) is 6.22. The van der Waals surface area contributed by atoms with Crippen molar-refractivity contribution in [1.82, 2.24) is 4.90 Å². The van der Waals surface area contributed by atoms with E-state index in [2.05, 4.69) is 26.6 Å². The summed E-state index contributed by atoms with van der Waals surface area (Å²) in [5, 5.41) is 5.50. The van der Waals surface area contributed by atoms with Crippen molar-refractivity contribution in [2.45, 2.75) is 16.6 Å². The summed E-state index contributed by atoms with van der Waals surface area (Å²) in [5.41, 5.74) is 1.28. The van der Waals surface area contributed by atoms with Crippen molar-refractivity contribution in [3.8, 4) is 0 Å². The molecule has 0 saturated carbocycles. The lowest BCUT2D eigenvalue weighted by atomic mass is 10.2. The molecular formula is C19H17BrClN3O3S. The minimum atomic E-state index is -0.560. The zero-order valence-corrected chi connectivity index (χ0v) is 18.0. The average molecular weight is 483 g/mol. The molecule has 146 valence electrons. The van der Waals surface area contributed by atoms with Crippen LogP contribution in [-0.4, -0.2) is 41.5 Å². The maximum atomic E-state index is 12.5. The highest BCUT2D eigenvalue weighted by Crippen LogP contribution is 2.38. The number of carbonyl (C=O) groups excluding carboxylic acids is 3. The standard InChI is InChI=1S/C19H17BrClN3O3S/c1-24(10-17(25)22-13-5-3-2-4-12(13)20)18(26)9-16-19(27)23-14-8-11(21)6-7-15(14)28-16/h2-8,16H,9-10H2,1H3,(H,22,25)(H,23,27)/t16-/m0/s1. The summed E-state index contributed by atoms with van der Waals surface area (Å²) in [6, 6.07) is 12.5. The highest BCUT2D eigenvalue weighted by molar-refractivity contribution is 9.10. The maximum Gasteiger partial charge on any atom is 0.244 e. The van der Waals surface area contributed by atoms with Gasteiger partial charge in [-0.05, 0) is 46.3 Å².